The van der Waals surface area contributed by atoms with E-state index in [1.807, 2.05) is 0 Å². The van der Waals surface area contributed by atoms with Gasteiger partial charge in [-0.2, -0.15) is 0 Å². The Hall–Kier alpha value is -2.63. The fourth-order valence-corrected chi connectivity index (χ4v) is 2.59. The highest BCUT2D eigenvalue weighted by atomic mass is 19.1. The van der Waals surface area contributed by atoms with Gasteiger partial charge >= 0.3 is 5.97 Å². The summed E-state index contributed by atoms with van der Waals surface area (Å²) in [5.74, 6) is -1.69. The molecule has 24 heavy (non-hydrogen) atoms. The first-order valence-corrected chi connectivity index (χ1v) is 7.48. The summed E-state index contributed by atoms with van der Waals surface area (Å²) in [5, 5.41) is 9.44. The Labute approximate surface area is 137 Å². The zero-order chi connectivity index (χ0) is 17.3. The summed E-state index contributed by atoms with van der Waals surface area (Å²) in [6, 6.07) is 7.64. The smallest absolute Gasteiger partial charge is 0.309 e. The first-order valence-electron chi connectivity index (χ1n) is 7.48. The lowest BCUT2D eigenvalue weighted by Gasteiger charge is -2.09. The predicted molar refractivity (Wildman–Crippen MR) is 82.6 cm³/mol. The number of phenols is 1. The van der Waals surface area contributed by atoms with Crippen LogP contribution in [0.15, 0.2) is 36.4 Å². The number of hydrogen-bond donors (Lipinski definition) is 1. The van der Waals surface area contributed by atoms with Gasteiger partial charge in [-0.05, 0) is 42.3 Å². The SMILES string of the molecule is COC(=O)[C@@H]1C[C@H]1COc1ccc(-c2cc(O)ccc2F)cc1F. The van der Waals surface area contributed by atoms with Gasteiger partial charge in [0.1, 0.15) is 11.6 Å². The number of rotatable bonds is 5. The third-order valence-corrected chi connectivity index (χ3v) is 4.07. The second kappa shape index (κ2) is 6.47. The molecule has 1 saturated carbocycles. The van der Waals surface area contributed by atoms with Crippen molar-refractivity contribution in [1.82, 2.24) is 0 Å². The van der Waals surface area contributed by atoms with Gasteiger partial charge in [0.15, 0.2) is 11.6 Å². The van der Waals surface area contributed by atoms with E-state index in [-0.39, 0.29) is 41.5 Å². The van der Waals surface area contributed by atoms with Crippen molar-refractivity contribution >= 4 is 5.97 Å². The van der Waals surface area contributed by atoms with E-state index in [2.05, 4.69) is 4.74 Å². The minimum absolute atomic E-state index is 0.0278. The second-order valence-electron chi connectivity index (χ2n) is 5.75. The highest BCUT2D eigenvalue weighted by Gasteiger charge is 2.44. The summed E-state index contributed by atoms with van der Waals surface area (Å²) < 4.78 is 38.0. The molecule has 2 aromatic rings. The first-order chi connectivity index (χ1) is 11.5. The number of aromatic hydroxyl groups is 1. The monoisotopic (exact) mass is 334 g/mol. The van der Waals surface area contributed by atoms with Crippen LogP contribution in [-0.2, 0) is 9.53 Å². The molecule has 1 aliphatic carbocycles. The van der Waals surface area contributed by atoms with Crippen LogP contribution in [0.1, 0.15) is 6.42 Å². The fraction of sp³-hybridized carbons (Fsp3) is 0.278. The van der Waals surface area contributed by atoms with Gasteiger partial charge in [0, 0.05) is 11.5 Å². The third kappa shape index (κ3) is 3.32. The number of benzene rings is 2. The Morgan fingerprint density at radius 1 is 1.21 bits per heavy atom. The summed E-state index contributed by atoms with van der Waals surface area (Å²) >= 11 is 0. The van der Waals surface area contributed by atoms with Gasteiger partial charge in [0.25, 0.3) is 0 Å². The Kier molecular flexibility index (Phi) is 4.38. The Bertz CT molecular complexity index is 776. The number of esters is 1. The summed E-state index contributed by atoms with van der Waals surface area (Å²) in [6.45, 7) is 0.219. The molecular weight excluding hydrogens is 318 g/mol. The predicted octanol–water partition coefficient (Wildman–Crippen LogP) is 3.53. The normalized spacial score (nSPS) is 19.0. The molecule has 0 spiro atoms. The number of methoxy groups -OCH3 is 1. The lowest BCUT2D eigenvalue weighted by molar-refractivity contribution is -0.142. The minimum atomic E-state index is -0.634. The zero-order valence-electron chi connectivity index (χ0n) is 13.0. The zero-order valence-corrected chi connectivity index (χ0v) is 13.0. The summed E-state index contributed by atoms with van der Waals surface area (Å²) in [5.41, 5.74) is 0.403. The molecule has 0 saturated heterocycles. The summed E-state index contributed by atoms with van der Waals surface area (Å²) in [4.78, 5) is 11.3. The van der Waals surface area contributed by atoms with Crippen LogP contribution in [0.25, 0.3) is 11.1 Å². The molecule has 0 amide bonds. The quantitative estimate of drug-likeness (QED) is 0.850. The van der Waals surface area contributed by atoms with Crippen LogP contribution in [-0.4, -0.2) is 24.8 Å². The molecule has 6 heteroatoms. The average molecular weight is 334 g/mol. The van der Waals surface area contributed by atoms with Crippen LogP contribution in [0.3, 0.4) is 0 Å². The highest BCUT2D eigenvalue weighted by molar-refractivity contribution is 5.75. The van der Waals surface area contributed by atoms with E-state index < -0.39 is 11.6 Å². The molecule has 1 N–H and O–H groups in total. The molecule has 1 aliphatic rings. The average Bonchev–Trinajstić information content (AvgIpc) is 3.35. The van der Waals surface area contributed by atoms with E-state index in [0.717, 1.165) is 12.1 Å². The standard InChI is InChI=1S/C18H16F2O4/c1-23-18(22)14-6-11(14)9-24-17-5-2-10(7-16(17)20)13-8-12(21)3-4-15(13)19/h2-5,7-8,11,14,21H,6,9H2,1H3/t11-,14+/m0/s1. The molecule has 0 aliphatic heterocycles. The minimum Gasteiger partial charge on any atom is -0.508 e. The van der Waals surface area contributed by atoms with Gasteiger partial charge in [0.05, 0.1) is 19.6 Å². The maximum absolute atomic E-state index is 14.2. The van der Waals surface area contributed by atoms with E-state index >= 15 is 0 Å². The van der Waals surface area contributed by atoms with Gasteiger partial charge in [-0.1, -0.05) is 6.07 Å². The van der Waals surface area contributed by atoms with Crippen molar-refractivity contribution < 1.29 is 28.2 Å². The Morgan fingerprint density at radius 2 is 2.00 bits per heavy atom. The van der Waals surface area contributed by atoms with Crippen molar-refractivity contribution in [2.75, 3.05) is 13.7 Å². The highest BCUT2D eigenvalue weighted by Crippen LogP contribution is 2.40. The Morgan fingerprint density at radius 3 is 2.71 bits per heavy atom. The van der Waals surface area contributed by atoms with Crippen LogP contribution in [0.4, 0.5) is 8.78 Å². The molecular formula is C18H16F2O4. The summed E-state index contributed by atoms with van der Waals surface area (Å²) in [7, 11) is 1.33. The second-order valence-corrected chi connectivity index (χ2v) is 5.75. The molecule has 2 aromatic carbocycles. The molecule has 3 rings (SSSR count). The lowest BCUT2D eigenvalue weighted by atomic mass is 10.0. The molecule has 0 radical (unpaired) electrons. The summed E-state index contributed by atoms with van der Waals surface area (Å²) in [6.07, 6.45) is 0.668. The first kappa shape index (κ1) is 16.2. The maximum Gasteiger partial charge on any atom is 0.309 e. The van der Waals surface area contributed by atoms with Gasteiger partial charge in [-0.25, -0.2) is 8.78 Å². The van der Waals surface area contributed by atoms with E-state index in [9.17, 15) is 18.7 Å². The van der Waals surface area contributed by atoms with Crippen LogP contribution in [0, 0.1) is 23.5 Å². The van der Waals surface area contributed by atoms with Crippen LogP contribution >= 0.6 is 0 Å². The van der Waals surface area contributed by atoms with Crippen molar-refractivity contribution in [3.63, 3.8) is 0 Å². The van der Waals surface area contributed by atoms with E-state index in [0.29, 0.717) is 12.0 Å². The molecule has 0 aromatic heterocycles. The van der Waals surface area contributed by atoms with Gasteiger partial charge in [0.2, 0.25) is 0 Å². The fourth-order valence-electron chi connectivity index (χ4n) is 2.59. The topological polar surface area (TPSA) is 55.8 Å². The number of halogens is 2. The van der Waals surface area contributed by atoms with Crippen LogP contribution in [0.5, 0.6) is 11.5 Å². The van der Waals surface area contributed by atoms with Crippen molar-refractivity contribution in [1.29, 1.82) is 0 Å². The molecule has 0 unspecified atom stereocenters. The number of phenolic OH excluding ortho intramolecular Hbond substituents is 1. The molecule has 1 fully saturated rings. The molecule has 2 atom stereocenters. The molecule has 4 nitrogen and oxygen atoms in total. The van der Waals surface area contributed by atoms with Gasteiger partial charge in [-0.3, -0.25) is 4.79 Å². The number of carbonyl (C=O) groups excluding carboxylic acids is 1. The van der Waals surface area contributed by atoms with Gasteiger partial charge < -0.3 is 14.6 Å². The van der Waals surface area contributed by atoms with E-state index in [4.69, 9.17) is 4.74 Å². The Balaban J connectivity index is 1.69. The lowest BCUT2D eigenvalue weighted by Crippen LogP contribution is -2.09. The van der Waals surface area contributed by atoms with E-state index in [1.165, 1.54) is 31.4 Å². The maximum atomic E-state index is 14.2. The third-order valence-electron chi connectivity index (χ3n) is 4.07. The number of ether oxygens (including phenoxy) is 2. The number of carbonyl (C=O) groups is 1. The van der Waals surface area contributed by atoms with Crippen molar-refractivity contribution in [2.24, 2.45) is 11.8 Å². The van der Waals surface area contributed by atoms with E-state index in [1.54, 1.807) is 0 Å². The van der Waals surface area contributed by atoms with Crippen molar-refractivity contribution in [2.45, 2.75) is 6.42 Å². The number of hydrogen-bond acceptors (Lipinski definition) is 4. The van der Waals surface area contributed by atoms with Gasteiger partial charge in [-0.15, -0.1) is 0 Å². The molecule has 0 bridgehead atoms. The van der Waals surface area contributed by atoms with Crippen molar-refractivity contribution in [3.05, 3.63) is 48.0 Å². The van der Waals surface area contributed by atoms with Crippen LogP contribution < -0.4 is 4.74 Å². The molecule has 126 valence electrons. The van der Waals surface area contributed by atoms with Crippen LogP contribution in [0.2, 0.25) is 0 Å². The molecule has 0 heterocycles. The van der Waals surface area contributed by atoms with Crippen molar-refractivity contribution in [3.8, 4) is 22.6 Å². The largest absolute Gasteiger partial charge is 0.508 e.